The molecule has 0 aromatic carbocycles. The molecule has 3 nitrogen and oxygen atoms in total. The average Bonchev–Trinajstić information content (AvgIpc) is 3.41. The predicted octanol–water partition coefficient (Wildman–Crippen LogP) is 5.52. The number of allylic oxidation sites excluding steroid dienone is 6. The van der Waals surface area contributed by atoms with Crippen LogP contribution in [0.25, 0.3) is 0 Å². The van der Waals surface area contributed by atoms with E-state index in [0.29, 0.717) is 13.0 Å². The van der Waals surface area contributed by atoms with E-state index in [1.165, 1.54) is 38.5 Å². The molecule has 0 bridgehead atoms. The summed E-state index contributed by atoms with van der Waals surface area (Å²) in [4.78, 5) is 11.4. The molecule has 1 rings (SSSR count). The van der Waals surface area contributed by atoms with E-state index < -0.39 is 0 Å². The van der Waals surface area contributed by atoms with E-state index >= 15 is 0 Å². The first-order valence-electron chi connectivity index (χ1n) is 9.58. The molecule has 136 valence electrons. The Bertz CT molecular complexity index is 392. The van der Waals surface area contributed by atoms with Crippen LogP contribution in [0.5, 0.6) is 0 Å². The zero-order valence-corrected chi connectivity index (χ0v) is 15.3. The average molecular weight is 334 g/mol. The van der Waals surface area contributed by atoms with Gasteiger partial charge in [-0.25, -0.2) is 0 Å². The summed E-state index contributed by atoms with van der Waals surface area (Å²) in [5, 5.41) is 0. The summed E-state index contributed by atoms with van der Waals surface area (Å²) in [6.07, 6.45) is 24.2. The SMILES string of the molecule is CCCC/C=C/C=C/C=C/CCCCCCCC(=O)OCC1CO1. The summed E-state index contributed by atoms with van der Waals surface area (Å²) in [5.41, 5.74) is 0. The van der Waals surface area contributed by atoms with Crippen molar-refractivity contribution in [2.45, 2.75) is 77.2 Å². The number of unbranched alkanes of at least 4 members (excludes halogenated alkanes) is 7. The van der Waals surface area contributed by atoms with Crippen LogP contribution in [0, 0.1) is 0 Å². The fourth-order valence-electron chi connectivity index (χ4n) is 2.28. The van der Waals surface area contributed by atoms with Gasteiger partial charge >= 0.3 is 5.97 Å². The van der Waals surface area contributed by atoms with Gasteiger partial charge in [-0.2, -0.15) is 0 Å². The summed E-state index contributed by atoms with van der Waals surface area (Å²) in [7, 11) is 0. The van der Waals surface area contributed by atoms with Crippen molar-refractivity contribution in [3.05, 3.63) is 36.5 Å². The Labute approximate surface area is 147 Å². The van der Waals surface area contributed by atoms with Crippen molar-refractivity contribution < 1.29 is 14.3 Å². The molecule has 0 radical (unpaired) electrons. The largest absolute Gasteiger partial charge is 0.463 e. The quantitative estimate of drug-likeness (QED) is 0.171. The molecule has 0 aliphatic carbocycles. The minimum Gasteiger partial charge on any atom is -0.463 e. The van der Waals surface area contributed by atoms with Crippen LogP contribution in [0.4, 0.5) is 0 Å². The number of ether oxygens (including phenoxy) is 2. The van der Waals surface area contributed by atoms with E-state index in [0.717, 1.165) is 25.9 Å². The van der Waals surface area contributed by atoms with Gasteiger partial charge in [-0.15, -0.1) is 0 Å². The molecule has 0 spiro atoms. The van der Waals surface area contributed by atoms with Crippen LogP contribution in [0.1, 0.15) is 71.1 Å². The molecule has 0 aromatic rings. The van der Waals surface area contributed by atoms with Crippen molar-refractivity contribution >= 4 is 5.97 Å². The highest BCUT2D eigenvalue weighted by atomic mass is 16.6. The molecular weight excluding hydrogens is 300 g/mol. The summed E-state index contributed by atoms with van der Waals surface area (Å²) < 4.78 is 10.1. The zero-order chi connectivity index (χ0) is 17.3. The molecule has 1 unspecified atom stereocenters. The second-order valence-corrected chi connectivity index (χ2v) is 6.33. The molecule has 0 N–H and O–H groups in total. The third kappa shape index (κ3) is 14.3. The minimum atomic E-state index is -0.0797. The Hall–Kier alpha value is -1.35. The number of carbonyl (C=O) groups excluding carboxylic acids is 1. The molecule has 1 heterocycles. The van der Waals surface area contributed by atoms with E-state index in [1.807, 2.05) is 0 Å². The summed E-state index contributed by atoms with van der Waals surface area (Å²) in [5.74, 6) is -0.0797. The maximum atomic E-state index is 11.4. The maximum absolute atomic E-state index is 11.4. The van der Waals surface area contributed by atoms with Crippen molar-refractivity contribution in [2.24, 2.45) is 0 Å². The van der Waals surface area contributed by atoms with Crippen LogP contribution >= 0.6 is 0 Å². The molecule has 1 aliphatic heterocycles. The number of carbonyl (C=O) groups is 1. The molecule has 1 atom stereocenters. The van der Waals surface area contributed by atoms with E-state index in [4.69, 9.17) is 9.47 Å². The van der Waals surface area contributed by atoms with Crippen molar-refractivity contribution in [1.29, 1.82) is 0 Å². The van der Waals surface area contributed by atoms with Crippen molar-refractivity contribution in [1.82, 2.24) is 0 Å². The molecule has 0 aromatic heterocycles. The standard InChI is InChI=1S/C21H34O3/c1-2-3-4-5-6-7-8-9-10-11-12-13-14-15-16-17-21(22)24-19-20-18-23-20/h5-10,20H,2-4,11-19H2,1H3/b6-5+,8-7+,10-9+. The molecule has 1 fully saturated rings. The maximum Gasteiger partial charge on any atom is 0.305 e. The molecule has 0 saturated carbocycles. The van der Waals surface area contributed by atoms with Crippen molar-refractivity contribution in [2.75, 3.05) is 13.2 Å². The number of epoxide rings is 1. The Morgan fingerprint density at radius 2 is 1.58 bits per heavy atom. The second kappa shape index (κ2) is 15.2. The monoisotopic (exact) mass is 334 g/mol. The smallest absolute Gasteiger partial charge is 0.305 e. The van der Waals surface area contributed by atoms with Gasteiger partial charge in [-0.3, -0.25) is 4.79 Å². The van der Waals surface area contributed by atoms with Crippen LogP contribution in [0.15, 0.2) is 36.5 Å². The van der Waals surface area contributed by atoms with Gasteiger partial charge < -0.3 is 9.47 Å². The topological polar surface area (TPSA) is 38.8 Å². The Morgan fingerprint density at radius 3 is 2.25 bits per heavy atom. The highest BCUT2D eigenvalue weighted by Crippen LogP contribution is 2.11. The Morgan fingerprint density at radius 1 is 0.958 bits per heavy atom. The van der Waals surface area contributed by atoms with E-state index in [9.17, 15) is 4.79 Å². The Kier molecular flexibility index (Phi) is 13.1. The fraction of sp³-hybridized carbons (Fsp3) is 0.667. The highest BCUT2D eigenvalue weighted by Gasteiger charge is 2.23. The first kappa shape index (κ1) is 20.7. The summed E-state index contributed by atoms with van der Waals surface area (Å²) in [6, 6.07) is 0. The van der Waals surface area contributed by atoms with Crippen molar-refractivity contribution in [3.8, 4) is 0 Å². The lowest BCUT2D eigenvalue weighted by Crippen LogP contribution is -2.09. The highest BCUT2D eigenvalue weighted by molar-refractivity contribution is 5.69. The predicted molar refractivity (Wildman–Crippen MR) is 100.0 cm³/mol. The molecule has 1 aliphatic rings. The van der Waals surface area contributed by atoms with E-state index in [2.05, 4.69) is 43.4 Å². The van der Waals surface area contributed by atoms with Gasteiger partial charge in [0.25, 0.3) is 0 Å². The first-order valence-corrected chi connectivity index (χ1v) is 9.58. The van der Waals surface area contributed by atoms with Gasteiger partial charge in [0.2, 0.25) is 0 Å². The Balaban J connectivity index is 1.80. The van der Waals surface area contributed by atoms with Crippen LogP contribution in [0.2, 0.25) is 0 Å². The normalized spacial score (nSPS) is 17.3. The molecule has 3 heteroatoms. The number of esters is 1. The van der Waals surface area contributed by atoms with Gasteiger partial charge in [0.05, 0.1) is 6.61 Å². The number of hydrogen-bond acceptors (Lipinski definition) is 3. The van der Waals surface area contributed by atoms with Gasteiger partial charge in [0.1, 0.15) is 12.7 Å². The number of rotatable bonds is 15. The van der Waals surface area contributed by atoms with Gasteiger partial charge in [-0.05, 0) is 25.7 Å². The summed E-state index contributed by atoms with van der Waals surface area (Å²) in [6.45, 7) is 3.40. The molecular formula is C21H34O3. The lowest BCUT2D eigenvalue weighted by Gasteiger charge is -2.02. The van der Waals surface area contributed by atoms with Gasteiger partial charge in [0, 0.05) is 6.42 Å². The van der Waals surface area contributed by atoms with Gasteiger partial charge in [-0.1, -0.05) is 75.5 Å². The minimum absolute atomic E-state index is 0.0797. The third-order valence-corrected chi connectivity index (χ3v) is 3.91. The van der Waals surface area contributed by atoms with Crippen LogP contribution in [0.3, 0.4) is 0 Å². The first-order chi connectivity index (χ1) is 11.8. The number of hydrogen-bond donors (Lipinski definition) is 0. The van der Waals surface area contributed by atoms with E-state index in [-0.39, 0.29) is 12.1 Å². The van der Waals surface area contributed by atoms with Gasteiger partial charge in [0.15, 0.2) is 0 Å². The summed E-state index contributed by atoms with van der Waals surface area (Å²) >= 11 is 0. The molecule has 1 saturated heterocycles. The third-order valence-electron chi connectivity index (χ3n) is 3.91. The molecule has 24 heavy (non-hydrogen) atoms. The van der Waals surface area contributed by atoms with Crippen LogP contribution in [-0.4, -0.2) is 25.3 Å². The van der Waals surface area contributed by atoms with E-state index in [1.54, 1.807) is 0 Å². The lowest BCUT2D eigenvalue weighted by molar-refractivity contribution is -0.144. The lowest BCUT2D eigenvalue weighted by atomic mass is 10.1. The fourth-order valence-corrected chi connectivity index (χ4v) is 2.28. The zero-order valence-electron chi connectivity index (χ0n) is 15.3. The second-order valence-electron chi connectivity index (χ2n) is 6.33. The van der Waals surface area contributed by atoms with Crippen molar-refractivity contribution in [3.63, 3.8) is 0 Å². The van der Waals surface area contributed by atoms with Crippen LogP contribution < -0.4 is 0 Å². The van der Waals surface area contributed by atoms with Crippen LogP contribution in [-0.2, 0) is 14.3 Å². The molecule has 0 amide bonds.